The third-order valence-corrected chi connectivity index (χ3v) is 2.36. The maximum Gasteiger partial charge on any atom is 0.220 e. The smallest absolute Gasteiger partial charge is 0.220 e. The summed E-state index contributed by atoms with van der Waals surface area (Å²) in [5.74, 6) is 0.211. The van der Waals surface area contributed by atoms with Crippen molar-refractivity contribution in [1.82, 2.24) is 10.6 Å². The van der Waals surface area contributed by atoms with Crippen molar-refractivity contribution in [3.63, 3.8) is 0 Å². The molecule has 2 N–H and O–H groups in total. The summed E-state index contributed by atoms with van der Waals surface area (Å²) in [6.07, 6.45) is 6.56. The quantitative estimate of drug-likeness (QED) is 0.591. The summed E-state index contributed by atoms with van der Waals surface area (Å²) in [7, 11) is 0. The lowest BCUT2D eigenvalue weighted by Gasteiger charge is -2.08. The molecular weight excluding hydrogens is 164 g/mol. The zero-order valence-electron chi connectivity index (χ0n) is 8.27. The van der Waals surface area contributed by atoms with Crippen molar-refractivity contribution in [2.24, 2.45) is 0 Å². The van der Waals surface area contributed by atoms with E-state index in [1.54, 1.807) is 0 Å². The fourth-order valence-corrected chi connectivity index (χ4v) is 1.54. The van der Waals surface area contributed by atoms with Crippen molar-refractivity contribution >= 4 is 5.91 Å². The van der Waals surface area contributed by atoms with Crippen LogP contribution in [0.15, 0.2) is 0 Å². The van der Waals surface area contributed by atoms with Crippen molar-refractivity contribution in [1.29, 1.82) is 0 Å². The van der Waals surface area contributed by atoms with Gasteiger partial charge in [0.1, 0.15) is 0 Å². The first-order chi connectivity index (χ1) is 6.39. The zero-order valence-corrected chi connectivity index (χ0v) is 8.27. The molecule has 1 heterocycles. The van der Waals surface area contributed by atoms with Crippen LogP contribution in [0.2, 0.25) is 0 Å². The van der Waals surface area contributed by atoms with Gasteiger partial charge in [-0.2, -0.15) is 0 Å². The number of hydrogen-bond acceptors (Lipinski definition) is 2. The fraction of sp³-hybridized carbons (Fsp3) is 0.900. The molecule has 3 heteroatoms. The molecule has 1 saturated heterocycles. The number of amides is 1. The average molecular weight is 184 g/mol. The SMILES string of the molecule is O=C1CCCNCCCCCCN1. The molecule has 0 aliphatic carbocycles. The van der Waals surface area contributed by atoms with Crippen LogP contribution >= 0.6 is 0 Å². The highest BCUT2D eigenvalue weighted by Gasteiger charge is 2.01. The van der Waals surface area contributed by atoms with Crippen LogP contribution in [0.4, 0.5) is 0 Å². The summed E-state index contributed by atoms with van der Waals surface area (Å²) in [6.45, 7) is 2.96. The Bertz CT molecular complexity index is 134. The van der Waals surface area contributed by atoms with E-state index in [2.05, 4.69) is 10.6 Å². The molecule has 3 nitrogen and oxygen atoms in total. The summed E-state index contributed by atoms with van der Waals surface area (Å²) >= 11 is 0. The Morgan fingerprint density at radius 1 is 0.846 bits per heavy atom. The van der Waals surface area contributed by atoms with Gasteiger partial charge in [0.15, 0.2) is 0 Å². The fourth-order valence-electron chi connectivity index (χ4n) is 1.54. The summed E-state index contributed by atoms with van der Waals surface area (Å²) < 4.78 is 0. The lowest BCUT2D eigenvalue weighted by Crippen LogP contribution is -2.26. The van der Waals surface area contributed by atoms with Crippen molar-refractivity contribution in [3.8, 4) is 0 Å². The van der Waals surface area contributed by atoms with Gasteiger partial charge in [-0.15, -0.1) is 0 Å². The molecule has 0 aromatic heterocycles. The molecule has 0 aromatic rings. The molecule has 1 amide bonds. The van der Waals surface area contributed by atoms with E-state index in [-0.39, 0.29) is 5.91 Å². The Labute approximate surface area is 80.3 Å². The van der Waals surface area contributed by atoms with E-state index >= 15 is 0 Å². The standard InChI is InChI=1S/C10H20N2O/c13-10-6-5-8-11-7-3-1-2-4-9-12-10/h11H,1-9H2,(H,12,13). The maximum atomic E-state index is 11.2. The molecule has 0 radical (unpaired) electrons. The lowest BCUT2D eigenvalue weighted by atomic mass is 10.2. The van der Waals surface area contributed by atoms with Crippen molar-refractivity contribution in [2.45, 2.75) is 38.5 Å². The lowest BCUT2D eigenvalue weighted by molar-refractivity contribution is -0.121. The van der Waals surface area contributed by atoms with Crippen LogP contribution in [0.1, 0.15) is 38.5 Å². The molecule has 0 bridgehead atoms. The third kappa shape index (κ3) is 5.64. The van der Waals surface area contributed by atoms with Gasteiger partial charge in [0.25, 0.3) is 0 Å². The highest BCUT2D eigenvalue weighted by Crippen LogP contribution is 1.99. The van der Waals surface area contributed by atoms with Gasteiger partial charge in [0, 0.05) is 13.0 Å². The van der Waals surface area contributed by atoms with Gasteiger partial charge in [-0.05, 0) is 32.4 Å². The molecule has 0 saturated carbocycles. The van der Waals surface area contributed by atoms with Crippen molar-refractivity contribution in [2.75, 3.05) is 19.6 Å². The highest BCUT2D eigenvalue weighted by molar-refractivity contribution is 5.75. The monoisotopic (exact) mass is 184 g/mol. The molecule has 1 rings (SSSR count). The molecule has 0 spiro atoms. The average Bonchev–Trinajstić information content (AvgIpc) is 2.11. The number of hydrogen-bond donors (Lipinski definition) is 2. The summed E-state index contributed by atoms with van der Waals surface area (Å²) in [6, 6.07) is 0. The highest BCUT2D eigenvalue weighted by atomic mass is 16.1. The minimum Gasteiger partial charge on any atom is -0.356 e. The Kier molecular flexibility index (Phi) is 5.57. The zero-order chi connectivity index (χ0) is 9.36. The number of carbonyl (C=O) groups is 1. The second-order valence-electron chi connectivity index (χ2n) is 3.62. The third-order valence-electron chi connectivity index (χ3n) is 2.36. The Balaban J connectivity index is 2.14. The van der Waals surface area contributed by atoms with Crippen molar-refractivity contribution in [3.05, 3.63) is 0 Å². The van der Waals surface area contributed by atoms with Gasteiger partial charge in [-0.25, -0.2) is 0 Å². The van der Waals surface area contributed by atoms with Crippen molar-refractivity contribution < 1.29 is 4.79 Å². The normalized spacial score (nSPS) is 22.6. The van der Waals surface area contributed by atoms with E-state index < -0.39 is 0 Å². The molecule has 0 unspecified atom stereocenters. The van der Waals surface area contributed by atoms with Crippen LogP contribution in [0.25, 0.3) is 0 Å². The number of carbonyl (C=O) groups excluding carboxylic acids is 1. The summed E-state index contributed by atoms with van der Waals surface area (Å²) in [4.78, 5) is 11.2. The maximum absolute atomic E-state index is 11.2. The topological polar surface area (TPSA) is 41.1 Å². The first kappa shape index (κ1) is 10.5. The van der Waals surface area contributed by atoms with Gasteiger partial charge >= 0.3 is 0 Å². The largest absolute Gasteiger partial charge is 0.356 e. The predicted molar refractivity (Wildman–Crippen MR) is 53.6 cm³/mol. The Morgan fingerprint density at radius 2 is 1.54 bits per heavy atom. The molecule has 1 aliphatic heterocycles. The summed E-state index contributed by atoms with van der Waals surface area (Å²) in [5, 5.41) is 6.28. The Hall–Kier alpha value is -0.570. The molecular formula is C10H20N2O. The van der Waals surface area contributed by atoms with Gasteiger partial charge in [-0.1, -0.05) is 12.8 Å². The molecule has 13 heavy (non-hydrogen) atoms. The molecule has 76 valence electrons. The second-order valence-corrected chi connectivity index (χ2v) is 3.62. The first-order valence-corrected chi connectivity index (χ1v) is 5.37. The van der Waals surface area contributed by atoms with E-state index in [4.69, 9.17) is 0 Å². The van der Waals surface area contributed by atoms with Gasteiger partial charge in [0.05, 0.1) is 0 Å². The summed E-state index contributed by atoms with van der Waals surface area (Å²) in [5.41, 5.74) is 0. The molecule has 0 aromatic carbocycles. The van der Waals surface area contributed by atoms with Crippen LogP contribution in [0.3, 0.4) is 0 Å². The molecule has 1 aliphatic rings. The van der Waals surface area contributed by atoms with Gasteiger partial charge in [0.2, 0.25) is 5.91 Å². The van der Waals surface area contributed by atoms with Crippen LogP contribution in [0.5, 0.6) is 0 Å². The van der Waals surface area contributed by atoms with E-state index in [1.165, 1.54) is 19.3 Å². The second kappa shape index (κ2) is 6.89. The van der Waals surface area contributed by atoms with Crippen LogP contribution < -0.4 is 10.6 Å². The van der Waals surface area contributed by atoms with E-state index in [1.807, 2.05) is 0 Å². The van der Waals surface area contributed by atoms with Gasteiger partial charge < -0.3 is 10.6 Å². The number of nitrogens with one attached hydrogen (secondary N) is 2. The van der Waals surface area contributed by atoms with Gasteiger partial charge in [-0.3, -0.25) is 4.79 Å². The number of rotatable bonds is 0. The molecule has 1 fully saturated rings. The van der Waals surface area contributed by atoms with Crippen LogP contribution in [-0.4, -0.2) is 25.5 Å². The van der Waals surface area contributed by atoms with E-state index in [9.17, 15) is 4.79 Å². The molecule has 0 atom stereocenters. The minimum atomic E-state index is 0.211. The van der Waals surface area contributed by atoms with Crippen LogP contribution in [-0.2, 0) is 4.79 Å². The first-order valence-electron chi connectivity index (χ1n) is 5.37. The minimum absolute atomic E-state index is 0.211. The van der Waals surface area contributed by atoms with Crippen LogP contribution in [0, 0.1) is 0 Å². The van der Waals surface area contributed by atoms with E-state index in [0.717, 1.165) is 32.5 Å². The Morgan fingerprint density at radius 3 is 2.38 bits per heavy atom. The van der Waals surface area contributed by atoms with E-state index in [0.29, 0.717) is 6.42 Å². The predicted octanol–water partition coefficient (Wildman–Crippen LogP) is 1.05.